The molecule has 1 spiro atoms. The number of thioether (sulfide) groups is 1. The third-order valence-electron chi connectivity index (χ3n) is 4.01. The van der Waals surface area contributed by atoms with Crippen LogP contribution in [-0.2, 0) is 6.42 Å². The normalized spacial score (nSPS) is 22.4. The van der Waals surface area contributed by atoms with Crippen molar-refractivity contribution in [1.82, 2.24) is 5.32 Å². The molecule has 1 aliphatic carbocycles. The minimum atomic E-state index is 0.0679. The van der Waals surface area contributed by atoms with Crippen LogP contribution in [0.3, 0.4) is 0 Å². The van der Waals surface area contributed by atoms with Crippen LogP contribution in [0.4, 0.5) is 0 Å². The van der Waals surface area contributed by atoms with Crippen LogP contribution < -0.4 is 5.32 Å². The molecule has 19 heavy (non-hydrogen) atoms. The highest BCUT2D eigenvalue weighted by Gasteiger charge is 2.49. The Morgan fingerprint density at radius 1 is 1.47 bits per heavy atom. The molecule has 2 aliphatic heterocycles. The molecule has 0 saturated heterocycles. The van der Waals surface area contributed by atoms with Crippen LogP contribution >= 0.6 is 23.1 Å². The van der Waals surface area contributed by atoms with E-state index in [1.165, 1.54) is 10.4 Å². The highest BCUT2D eigenvalue weighted by molar-refractivity contribution is 8.00. The van der Waals surface area contributed by atoms with Crippen molar-refractivity contribution >= 4 is 34.7 Å². The Balaban J connectivity index is 1.89. The predicted molar refractivity (Wildman–Crippen MR) is 79.8 cm³/mol. The molecule has 1 fully saturated rings. The fraction of sp³-hybridized carbons (Fsp3) is 0.429. The number of rotatable bonds is 2. The van der Waals surface area contributed by atoms with Crippen molar-refractivity contribution in [3.05, 3.63) is 28.2 Å². The number of hydrogen-bond acceptors (Lipinski definition) is 4. The Labute approximate surface area is 120 Å². The fourth-order valence-corrected chi connectivity index (χ4v) is 4.89. The summed E-state index contributed by atoms with van der Waals surface area (Å²) in [7, 11) is 0. The number of hydrogen-bond donors (Lipinski definition) is 1. The lowest BCUT2D eigenvalue weighted by Gasteiger charge is -2.24. The number of nitrogens with one attached hydrogen (secondary N) is 1. The number of allylic oxidation sites excluding steroid dienone is 1. The topological polar surface area (TPSA) is 41.5 Å². The maximum atomic E-state index is 12.4. The largest absolute Gasteiger partial charge is 0.346 e. The van der Waals surface area contributed by atoms with Gasteiger partial charge in [0.05, 0.1) is 26.9 Å². The summed E-state index contributed by atoms with van der Waals surface area (Å²) in [6, 6.07) is 0. The molecule has 0 radical (unpaired) electrons. The standard InChI is InChI=1S/C14H14N2OS2/c1-18-13-10-8(7-14(4-5-14)16-12(10)17)11(19-13)9-3-2-6-15-9/h2-3H,4-7H2,1H3,(H,16,17). The average Bonchev–Trinajstić information content (AvgIpc) is 2.83. The highest BCUT2D eigenvalue weighted by atomic mass is 32.2. The van der Waals surface area contributed by atoms with E-state index in [-0.39, 0.29) is 11.4 Å². The molecule has 0 aromatic carbocycles. The zero-order valence-corrected chi connectivity index (χ0v) is 12.3. The Bertz CT molecular complexity index is 638. The smallest absolute Gasteiger partial charge is 0.254 e. The minimum Gasteiger partial charge on any atom is -0.346 e. The summed E-state index contributed by atoms with van der Waals surface area (Å²) in [5.74, 6) is 0.119. The van der Waals surface area contributed by atoms with Crippen molar-refractivity contribution in [1.29, 1.82) is 0 Å². The third kappa shape index (κ3) is 1.71. The molecule has 1 saturated carbocycles. The number of fused-ring (bicyclic) bond motifs is 1. The van der Waals surface area contributed by atoms with Crippen LogP contribution in [-0.4, -0.2) is 30.0 Å². The number of aliphatic imine (C=N–C) groups is 1. The molecule has 3 heterocycles. The monoisotopic (exact) mass is 290 g/mol. The van der Waals surface area contributed by atoms with Gasteiger partial charge in [0.1, 0.15) is 0 Å². The van der Waals surface area contributed by atoms with Crippen molar-refractivity contribution in [2.45, 2.75) is 29.0 Å². The Hall–Kier alpha value is -1.07. The summed E-state index contributed by atoms with van der Waals surface area (Å²) in [5.41, 5.74) is 3.28. The molecule has 4 rings (SSSR count). The van der Waals surface area contributed by atoms with Crippen LogP contribution in [0.15, 0.2) is 21.4 Å². The van der Waals surface area contributed by atoms with Gasteiger partial charge < -0.3 is 5.32 Å². The zero-order chi connectivity index (χ0) is 13.0. The van der Waals surface area contributed by atoms with Gasteiger partial charge >= 0.3 is 0 Å². The van der Waals surface area contributed by atoms with Crippen molar-refractivity contribution < 1.29 is 4.79 Å². The van der Waals surface area contributed by atoms with Gasteiger partial charge in [0.25, 0.3) is 5.91 Å². The van der Waals surface area contributed by atoms with Crippen LogP contribution in [0.25, 0.3) is 0 Å². The summed E-state index contributed by atoms with van der Waals surface area (Å²) in [5, 5.41) is 3.20. The zero-order valence-electron chi connectivity index (χ0n) is 10.7. The van der Waals surface area contributed by atoms with Gasteiger partial charge in [0.2, 0.25) is 0 Å². The lowest BCUT2D eigenvalue weighted by atomic mass is 9.94. The molecule has 0 unspecified atom stereocenters. The fourth-order valence-electron chi connectivity index (χ4n) is 2.85. The number of carbonyl (C=O) groups excluding carboxylic acids is 1. The van der Waals surface area contributed by atoms with E-state index in [2.05, 4.69) is 22.5 Å². The van der Waals surface area contributed by atoms with E-state index in [9.17, 15) is 4.79 Å². The van der Waals surface area contributed by atoms with Gasteiger partial charge in [-0.3, -0.25) is 9.79 Å². The first-order valence-electron chi connectivity index (χ1n) is 6.46. The first-order chi connectivity index (χ1) is 9.22. The van der Waals surface area contributed by atoms with Crippen molar-refractivity contribution in [2.24, 2.45) is 4.99 Å². The molecule has 1 N–H and O–H groups in total. The molecule has 0 atom stereocenters. The molecule has 5 heteroatoms. The van der Waals surface area contributed by atoms with E-state index in [0.29, 0.717) is 0 Å². The predicted octanol–water partition coefficient (Wildman–Crippen LogP) is 2.65. The Kier molecular flexibility index (Phi) is 2.45. The van der Waals surface area contributed by atoms with Crippen molar-refractivity contribution in [2.75, 3.05) is 12.8 Å². The maximum absolute atomic E-state index is 12.4. The van der Waals surface area contributed by atoms with Gasteiger partial charge in [-0.1, -0.05) is 6.08 Å². The first kappa shape index (κ1) is 11.7. The molecular formula is C14H14N2OS2. The minimum absolute atomic E-state index is 0.0679. The summed E-state index contributed by atoms with van der Waals surface area (Å²) in [6.45, 7) is 0.772. The van der Waals surface area contributed by atoms with Crippen molar-refractivity contribution in [3.63, 3.8) is 0 Å². The van der Waals surface area contributed by atoms with Gasteiger partial charge in [-0.15, -0.1) is 23.1 Å². The molecular weight excluding hydrogens is 276 g/mol. The van der Waals surface area contributed by atoms with Gasteiger partial charge in [0.15, 0.2) is 0 Å². The molecule has 3 aliphatic rings. The van der Waals surface area contributed by atoms with Gasteiger partial charge in [-0.2, -0.15) is 0 Å². The number of amides is 1. The average molecular weight is 290 g/mol. The second-order valence-corrected chi connectivity index (χ2v) is 7.41. The summed E-state index contributed by atoms with van der Waals surface area (Å²) < 4.78 is 1.13. The molecule has 98 valence electrons. The van der Waals surface area contributed by atoms with Crippen LogP contribution in [0.2, 0.25) is 0 Å². The molecule has 3 nitrogen and oxygen atoms in total. The van der Waals surface area contributed by atoms with Crippen molar-refractivity contribution in [3.8, 4) is 0 Å². The number of thiophene rings is 1. The van der Waals surface area contributed by atoms with Crippen LogP contribution in [0.1, 0.15) is 33.6 Å². The van der Waals surface area contributed by atoms with E-state index in [1.54, 1.807) is 23.1 Å². The molecule has 0 bridgehead atoms. The van der Waals surface area contributed by atoms with Gasteiger partial charge in [0, 0.05) is 5.54 Å². The van der Waals surface area contributed by atoms with Gasteiger partial charge in [-0.05, 0) is 37.2 Å². The van der Waals surface area contributed by atoms with E-state index >= 15 is 0 Å². The maximum Gasteiger partial charge on any atom is 0.254 e. The molecule has 1 amide bonds. The van der Waals surface area contributed by atoms with Crippen LogP contribution in [0.5, 0.6) is 0 Å². The highest BCUT2D eigenvalue weighted by Crippen LogP contribution is 2.47. The third-order valence-corrected chi connectivity index (χ3v) is 6.38. The Morgan fingerprint density at radius 2 is 2.32 bits per heavy atom. The van der Waals surface area contributed by atoms with Gasteiger partial charge in [-0.25, -0.2) is 0 Å². The lowest BCUT2D eigenvalue weighted by Crippen LogP contribution is -2.43. The summed E-state index contributed by atoms with van der Waals surface area (Å²) in [6.07, 6.45) is 9.41. The lowest BCUT2D eigenvalue weighted by molar-refractivity contribution is 0.0916. The number of nitrogens with zero attached hydrogens (tertiary/aromatic N) is 1. The van der Waals surface area contributed by atoms with E-state index in [1.807, 2.05) is 6.26 Å². The summed E-state index contributed by atoms with van der Waals surface area (Å²) in [4.78, 5) is 18.1. The van der Waals surface area contributed by atoms with E-state index in [0.717, 1.165) is 41.3 Å². The van der Waals surface area contributed by atoms with Crippen LogP contribution in [0, 0.1) is 0 Å². The first-order valence-corrected chi connectivity index (χ1v) is 8.50. The molecule has 1 aromatic heterocycles. The second kappa shape index (κ2) is 3.96. The number of carbonyl (C=O) groups is 1. The SMILES string of the molecule is CSc1sc(C2=NCC=C2)c2c1C(=O)NC1(CC1)C2. The molecule has 1 aromatic rings. The van der Waals surface area contributed by atoms with E-state index < -0.39 is 0 Å². The Morgan fingerprint density at radius 3 is 2.95 bits per heavy atom. The van der Waals surface area contributed by atoms with E-state index in [4.69, 9.17) is 0 Å². The quantitative estimate of drug-likeness (QED) is 0.851. The second-order valence-electron chi connectivity index (χ2n) is 5.32. The summed E-state index contributed by atoms with van der Waals surface area (Å²) >= 11 is 3.39.